The number of rotatable bonds is 6. The number of nitrogens with zero attached hydrogens (tertiary/aromatic N) is 2. The van der Waals surface area contributed by atoms with Gasteiger partial charge in [-0.15, -0.1) is 0 Å². The zero-order valence-corrected chi connectivity index (χ0v) is 13.7. The van der Waals surface area contributed by atoms with Crippen LogP contribution in [0.1, 0.15) is 38.7 Å². The van der Waals surface area contributed by atoms with Crippen molar-refractivity contribution in [2.75, 3.05) is 32.7 Å². The molecule has 1 aliphatic rings. The van der Waals surface area contributed by atoms with Gasteiger partial charge in [-0.3, -0.25) is 9.80 Å². The highest BCUT2D eigenvalue weighted by Gasteiger charge is 2.24. The van der Waals surface area contributed by atoms with Crippen molar-refractivity contribution in [3.8, 4) is 0 Å². The number of β-amino-alcohol motifs (C(OH)–C–C–N with tert-alkyl or cyclic N) is 1. The smallest absolute Gasteiger partial charge is 0.0639 e. The number of aliphatic hydroxyl groups is 1. The highest BCUT2D eigenvalue weighted by Crippen LogP contribution is 2.20. The predicted octanol–water partition coefficient (Wildman–Crippen LogP) is 2.57. The summed E-state index contributed by atoms with van der Waals surface area (Å²) in [4.78, 5) is 4.98. The van der Waals surface area contributed by atoms with Gasteiger partial charge in [0, 0.05) is 32.2 Å². The average molecular weight is 290 g/mol. The molecule has 0 aliphatic carbocycles. The van der Waals surface area contributed by atoms with E-state index in [0.29, 0.717) is 12.0 Å². The van der Waals surface area contributed by atoms with Gasteiger partial charge < -0.3 is 5.11 Å². The molecular weight excluding hydrogens is 260 g/mol. The quantitative estimate of drug-likeness (QED) is 0.872. The molecule has 3 heteroatoms. The Hall–Kier alpha value is -0.900. The van der Waals surface area contributed by atoms with Crippen molar-refractivity contribution in [3.05, 3.63) is 35.9 Å². The fraction of sp³-hybridized carbons (Fsp3) is 0.667. The maximum Gasteiger partial charge on any atom is 0.0639 e. The fourth-order valence-electron chi connectivity index (χ4n) is 3.25. The van der Waals surface area contributed by atoms with Gasteiger partial charge >= 0.3 is 0 Å². The minimum absolute atomic E-state index is 0.221. The van der Waals surface area contributed by atoms with Gasteiger partial charge in [0.15, 0.2) is 0 Å². The molecule has 0 aromatic heterocycles. The number of aliphatic hydroxyl groups excluding tert-OH is 1. The molecule has 3 nitrogen and oxygen atoms in total. The number of hydrogen-bond donors (Lipinski definition) is 1. The van der Waals surface area contributed by atoms with Crippen LogP contribution in [0.5, 0.6) is 0 Å². The molecule has 1 fully saturated rings. The second-order valence-electron chi connectivity index (χ2n) is 6.59. The van der Waals surface area contributed by atoms with Gasteiger partial charge in [0.05, 0.1) is 6.10 Å². The lowest BCUT2D eigenvalue weighted by Gasteiger charge is -2.40. The normalized spacial score (nSPS) is 23.9. The SMILES string of the molecule is C[C@H](O)CN1CCN(CC[C@@H](C)c2ccccc2)[C@H](C)C1. The van der Waals surface area contributed by atoms with Gasteiger partial charge in [-0.05, 0) is 38.3 Å². The summed E-state index contributed by atoms with van der Waals surface area (Å²) in [6, 6.07) is 11.4. The second-order valence-corrected chi connectivity index (χ2v) is 6.59. The monoisotopic (exact) mass is 290 g/mol. The van der Waals surface area contributed by atoms with E-state index in [1.807, 2.05) is 6.92 Å². The summed E-state index contributed by atoms with van der Waals surface area (Å²) in [7, 11) is 0. The van der Waals surface area contributed by atoms with Gasteiger partial charge in [0.25, 0.3) is 0 Å². The predicted molar refractivity (Wildman–Crippen MR) is 88.6 cm³/mol. The summed E-state index contributed by atoms with van der Waals surface area (Å²) in [6.45, 7) is 11.7. The van der Waals surface area contributed by atoms with E-state index in [9.17, 15) is 5.11 Å². The summed E-state index contributed by atoms with van der Waals surface area (Å²) in [5, 5.41) is 9.50. The summed E-state index contributed by atoms with van der Waals surface area (Å²) in [5.41, 5.74) is 1.44. The van der Waals surface area contributed by atoms with Crippen molar-refractivity contribution in [1.29, 1.82) is 0 Å². The molecule has 1 aromatic carbocycles. The topological polar surface area (TPSA) is 26.7 Å². The molecule has 1 aliphatic heterocycles. The Morgan fingerprint density at radius 2 is 1.90 bits per heavy atom. The van der Waals surface area contributed by atoms with E-state index in [-0.39, 0.29) is 6.10 Å². The van der Waals surface area contributed by atoms with Crippen LogP contribution in [0.15, 0.2) is 30.3 Å². The summed E-state index contributed by atoms with van der Waals surface area (Å²) in [5.74, 6) is 0.619. The van der Waals surface area contributed by atoms with Crippen LogP contribution in [0.2, 0.25) is 0 Å². The van der Waals surface area contributed by atoms with Crippen LogP contribution in [0.3, 0.4) is 0 Å². The molecule has 1 aromatic rings. The van der Waals surface area contributed by atoms with Gasteiger partial charge in [0.1, 0.15) is 0 Å². The lowest BCUT2D eigenvalue weighted by molar-refractivity contribution is 0.0499. The highest BCUT2D eigenvalue weighted by atomic mass is 16.3. The molecule has 1 heterocycles. The van der Waals surface area contributed by atoms with Gasteiger partial charge in [-0.2, -0.15) is 0 Å². The van der Waals surface area contributed by atoms with E-state index < -0.39 is 0 Å². The molecule has 0 radical (unpaired) electrons. The Bertz CT molecular complexity index is 407. The van der Waals surface area contributed by atoms with Crippen molar-refractivity contribution in [2.45, 2.75) is 45.3 Å². The van der Waals surface area contributed by atoms with E-state index in [1.54, 1.807) is 0 Å². The zero-order valence-electron chi connectivity index (χ0n) is 13.7. The highest BCUT2D eigenvalue weighted by molar-refractivity contribution is 5.18. The maximum absolute atomic E-state index is 9.50. The Balaban J connectivity index is 1.77. The van der Waals surface area contributed by atoms with E-state index in [1.165, 1.54) is 18.5 Å². The van der Waals surface area contributed by atoms with Crippen LogP contribution < -0.4 is 0 Å². The van der Waals surface area contributed by atoms with Crippen LogP contribution in [0.25, 0.3) is 0 Å². The third-order valence-corrected chi connectivity index (χ3v) is 4.59. The van der Waals surface area contributed by atoms with Crippen LogP contribution in [-0.2, 0) is 0 Å². The molecule has 21 heavy (non-hydrogen) atoms. The molecular formula is C18H30N2O. The molecule has 0 saturated carbocycles. The van der Waals surface area contributed by atoms with E-state index in [2.05, 4.69) is 54.0 Å². The van der Waals surface area contributed by atoms with Crippen LogP contribution in [0.4, 0.5) is 0 Å². The first-order valence-electron chi connectivity index (χ1n) is 8.25. The summed E-state index contributed by atoms with van der Waals surface area (Å²) >= 11 is 0. The summed E-state index contributed by atoms with van der Waals surface area (Å²) < 4.78 is 0. The average Bonchev–Trinajstić information content (AvgIpc) is 2.46. The third-order valence-electron chi connectivity index (χ3n) is 4.59. The van der Waals surface area contributed by atoms with Gasteiger partial charge in [-0.25, -0.2) is 0 Å². The number of piperazine rings is 1. The molecule has 118 valence electrons. The van der Waals surface area contributed by atoms with E-state index in [4.69, 9.17) is 0 Å². The first kappa shape index (κ1) is 16.5. The standard InChI is InChI=1S/C18H30N2O/c1-15(18-7-5-4-6-8-18)9-10-20-12-11-19(13-16(20)2)14-17(3)21/h4-8,15-17,21H,9-14H2,1-3H3/t15-,16-,17+/m1/s1. The first-order valence-corrected chi connectivity index (χ1v) is 8.25. The van der Waals surface area contributed by atoms with Gasteiger partial charge in [0.2, 0.25) is 0 Å². The molecule has 3 atom stereocenters. The molecule has 0 amide bonds. The number of benzene rings is 1. The lowest BCUT2D eigenvalue weighted by Crippen LogP contribution is -2.53. The van der Waals surface area contributed by atoms with Crippen molar-refractivity contribution in [3.63, 3.8) is 0 Å². The zero-order chi connectivity index (χ0) is 15.2. The largest absolute Gasteiger partial charge is 0.392 e. The molecule has 0 spiro atoms. The molecule has 2 rings (SSSR count). The minimum Gasteiger partial charge on any atom is -0.392 e. The minimum atomic E-state index is -0.221. The van der Waals surface area contributed by atoms with Crippen molar-refractivity contribution < 1.29 is 5.11 Å². The first-order chi connectivity index (χ1) is 10.1. The maximum atomic E-state index is 9.50. The van der Waals surface area contributed by atoms with Crippen molar-refractivity contribution in [2.24, 2.45) is 0 Å². The lowest BCUT2D eigenvalue weighted by atomic mass is 9.97. The Morgan fingerprint density at radius 1 is 1.19 bits per heavy atom. The van der Waals surface area contributed by atoms with Crippen LogP contribution in [0, 0.1) is 0 Å². The van der Waals surface area contributed by atoms with Gasteiger partial charge in [-0.1, -0.05) is 37.3 Å². The molecule has 1 N–H and O–H groups in total. The Labute approximate surface area is 129 Å². The van der Waals surface area contributed by atoms with Crippen molar-refractivity contribution >= 4 is 0 Å². The number of hydrogen-bond acceptors (Lipinski definition) is 3. The van der Waals surface area contributed by atoms with Crippen LogP contribution in [-0.4, -0.2) is 59.8 Å². The van der Waals surface area contributed by atoms with Crippen molar-refractivity contribution in [1.82, 2.24) is 9.80 Å². The fourth-order valence-corrected chi connectivity index (χ4v) is 3.25. The van der Waals surface area contributed by atoms with E-state index >= 15 is 0 Å². The molecule has 1 saturated heterocycles. The summed E-state index contributed by atoms with van der Waals surface area (Å²) in [6.07, 6.45) is 0.993. The second kappa shape index (κ2) is 7.92. The Morgan fingerprint density at radius 3 is 2.52 bits per heavy atom. The Kier molecular flexibility index (Phi) is 6.22. The molecule has 0 bridgehead atoms. The van der Waals surface area contributed by atoms with E-state index in [0.717, 1.165) is 26.2 Å². The van der Waals surface area contributed by atoms with Crippen LogP contribution >= 0.6 is 0 Å². The third kappa shape index (κ3) is 5.10. The molecule has 0 unspecified atom stereocenters.